The van der Waals surface area contributed by atoms with E-state index in [0.717, 1.165) is 51.1 Å². The minimum Gasteiger partial charge on any atom is -0.387 e. The lowest BCUT2D eigenvalue weighted by Gasteiger charge is -2.38. The van der Waals surface area contributed by atoms with Crippen molar-refractivity contribution in [2.45, 2.75) is 44.0 Å². The number of hydrogen-bond donors (Lipinski definition) is 1. The van der Waals surface area contributed by atoms with E-state index in [2.05, 4.69) is 23.1 Å². The van der Waals surface area contributed by atoms with E-state index in [1.165, 1.54) is 24.0 Å². The Morgan fingerprint density at radius 3 is 2.59 bits per heavy atom. The predicted octanol–water partition coefficient (Wildman–Crippen LogP) is 2.05. The lowest BCUT2D eigenvalue weighted by Crippen LogP contribution is -2.46. The van der Waals surface area contributed by atoms with E-state index in [-0.39, 0.29) is 5.79 Å². The van der Waals surface area contributed by atoms with Crippen molar-refractivity contribution in [2.75, 3.05) is 32.8 Å². The average Bonchev–Trinajstić information content (AvgIpc) is 3.18. The first-order valence-electron chi connectivity index (χ1n) is 8.54. The van der Waals surface area contributed by atoms with Gasteiger partial charge in [-0.05, 0) is 36.0 Å². The number of rotatable bonds is 3. The highest BCUT2D eigenvalue weighted by Gasteiger charge is 2.39. The number of aryl methyl sites for hydroxylation is 2. The SMILES string of the molecule is OC(CN1CCC2(CC1)OCCO2)c1ccc2c(c1)CCC2. The van der Waals surface area contributed by atoms with Gasteiger partial charge in [0.05, 0.1) is 19.3 Å². The maximum Gasteiger partial charge on any atom is 0.170 e. The standard InChI is InChI=1S/C18H25NO3/c20-17(16-5-4-14-2-1-3-15(14)12-16)13-19-8-6-18(7-9-19)21-10-11-22-18/h4-5,12,17,20H,1-3,6-11,13H2. The lowest BCUT2D eigenvalue weighted by molar-refractivity contribution is -0.186. The van der Waals surface area contributed by atoms with Gasteiger partial charge >= 0.3 is 0 Å². The van der Waals surface area contributed by atoms with E-state index in [4.69, 9.17) is 9.47 Å². The van der Waals surface area contributed by atoms with Crippen LogP contribution in [0.25, 0.3) is 0 Å². The summed E-state index contributed by atoms with van der Waals surface area (Å²) < 4.78 is 11.5. The molecule has 1 aromatic carbocycles. The van der Waals surface area contributed by atoms with Crippen molar-refractivity contribution < 1.29 is 14.6 Å². The molecule has 0 aromatic heterocycles. The van der Waals surface area contributed by atoms with Gasteiger partial charge in [0, 0.05) is 32.5 Å². The molecule has 1 atom stereocenters. The van der Waals surface area contributed by atoms with Crippen LogP contribution in [0.5, 0.6) is 0 Å². The van der Waals surface area contributed by atoms with Crippen molar-refractivity contribution in [3.05, 3.63) is 34.9 Å². The molecule has 2 heterocycles. The third-order valence-electron chi connectivity index (χ3n) is 5.37. The molecule has 0 saturated carbocycles. The quantitative estimate of drug-likeness (QED) is 0.928. The van der Waals surface area contributed by atoms with Crippen LogP contribution in [0.1, 0.15) is 42.1 Å². The summed E-state index contributed by atoms with van der Waals surface area (Å²) in [4.78, 5) is 2.33. The molecule has 4 rings (SSSR count). The molecule has 120 valence electrons. The van der Waals surface area contributed by atoms with E-state index < -0.39 is 6.10 Å². The summed E-state index contributed by atoms with van der Waals surface area (Å²) in [5, 5.41) is 10.6. The monoisotopic (exact) mass is 303 g/mol. The van der Waals surface area contributed by atoms with Crippen molar-refractivity contribution >= 4 is 0 Å². The Morgan fingerprint density at radius 2 is 1.82 bits per heavy atom. The van der Waals surface area contributed by atoms with Gasteiger partial charge in [-0.3, -0.25) is 0 Å². The van der Waals surface area contributed by atoms with E-state index >= 15 is 0 Å². The van der Waals surface area contributed by atoms with E-state index in [0.29, 0.717) is 6.54 Å². The molecule has 2 aliphatic heterocycles. The number of hydrogen-bond acceptors (Lipinski definition) is 4. The summed E-state index contributed by atoms with van der Waals surface area (Å²) in [5.74, 6) is -0.324. The molecule has 4 heteroatoms. The van der Waals surface area contributed by atoms with Gasteiger partial charge in [-0.1, -0.05) is 18.2 Å². The largest absolute Gasteiger partial charge is 0.387 e. The Kier molecular flexibility index (Phi) is 3.95. The fraction of sp³-hybridized carbons (Fsp3) is 0.667. The lowest BCUT2D eigenvalue weighted by atomic mass is 10.00. The van der Waals surface area contributed by atoms with Gasteiger partial charge in [-0.25, -0.2) is 0 Å². The highest BCUT2D eigenvalue weighted by molar-refractivity contribution is 5.36. The maximum atomic E-state index is 10.6. The van der Waals surface area contributed by atoms with Crippen LogP contribution in [0.15, 0.2) is 18.2 Å². The molecule has 0 radical (unpaired) electrons. The molecule has 4 nitrogen and oxygen atoms in total. The fourth-order valence-corrected chi connectivity index (χ4v) is 4.01. The van der Waals surface area contributed by atoms with E-state index in [1.54, 1.807) is 0 Å². The zero-order valence-corrected chi connectivity index (χ0v) is 13.1. The summed E-state index contributed by atoms with van der Waals surface area (Å²) >= 11 is 0. The number of β-amino-alcohol motifs (C(OH)–C–C–N with tert-alkyl or cyclic N) is 1. The van der Waals surface area contributed by atoms with Gasteiger partial charge in [0.1, 0.15) is 0 Å². The average molecular weight is 303 g/mol. The van der Waals surface area contributed by atoms with E-state index in [1.807, 2.05) is 0 Å². The number of benzene rings is 1. The zero-order valence-electron chi connectivity index (χ0n) is 13.1. The summed E-state index contributed by atoms with van der Waals surface area (Å²) in [6.45, 7) is 4.01. The number of ether oxygens (including phenoxy) is 2. The Labute approximate surface area is 132 Å². The number of nitrogens with zero attached hydrogens (tertiary/aromatic N) is 1. The summed E-state index contributed by atoms with van der Waals surface area (Å²) in [5.41, 5.74) is 3.96. The highest BCUT2D eigenvalue weighted by Crippen LogP contribution is 2.32. The molecule has 0 amide bonds. The number of fused-ring (bicyclic) bond motifs is 1. The van der Waals surface area contributed by atoms with Crippen molar-refractivity contribution in [3.8, 4) is 0 Å². The molecule has 3 aliphatic rings. The Hall–Kier alpha value is -0.940. The molecule has 2 fully saturated rings. The third-order valence-corrected chi connectivity index (χ3v) is 5.37. The van der Waals surface area contributed by atoms with Crippen molar-refractivity contribution in [1.29, 1.82) is 0 Å². The molecule has 2 saturated heterocycles. The summed E-state index contributed by atoms with van der Waals surface area (Å²) in [7, 11) is 0. The molecule has 0 bridgehead atoms. The third kappa shape index (κ3) is 2.81. The van der Waals surface area contributed by atoms with Crippen molar-refractivity contribution in [3.63, 3.8) is 0 Å². The predicted molar refractivity (Wildman–Crippen MR) is 83.7 cm³/mol. The molecule has 22 heavy (non-hydrogen) atoms. The van der Waals surface area contributed by atoms with Crippen molar-refractivity contribution in [2.24, 2.45) is 0 Å². The van der Waals surface area contributed by atoms with Gasteiger partial charge in [0.25, 0.3) is 0 Å². The molecule has 1 spiro atoms. The second kappa shape index (κ2) is 5.93. The second-order valence-electron chi connectivity index (χ2n) is 6.81. The summed E-state index contributed by atoms with van der Waals surface area (Å²) in [6, 6.07) is 6.51. The minimum absolute atomic E-state index is 0.324. The zero-order chi connectivity index (χ0) is 15.0. The first-order chi connectivity index (χ1) is 10.7. The Morgan fingerprint density at radius 1 is 1.09 bits per heavy atom. The molecule has 1 aromatic rings. The first kappa shape index (κ1) is 14.6. The van der Waals surface area contributed by atoms with Gasteiger partial charge < -0.3 is 19.5 Å². The topological polar surface area (TPSA) is 41.9 Å². The fourth-order valence-electron chi connectivity index (χ4n) is 4.01. The summed E-state index contributed by atoms with van der Waals surface area (Å²) in [6.07, 6.45) is 5.03. The van der Waals surface area contributed by atoms with Gasteiger partial charge in [-0.15, -0.1) is 0 Å². The van der Waals surface area contributed by atoms with Crippen LogP contribution in [-0.4, -0.2) is 48.6 Å². The van der Waals surface area contributed by atoms with Gasteiger partial charge in [0.15, 0.2) is 5.79 Å². The van der Waals surface area contributed by atoms with Crippen LogP contribution in [-0.2, 0) is 22.3 Å². The van der Waals surface area contributed by atoms with Gasteiger partial charge in [0.2, 0.25) is 0 Å². The number of likely N-dealkylation sites (tertiary alicyclic amines) is 1. The minimum atomic E-state index is -0.398. The van der Waals surface area contributed by atoms with Crippen LogP contribution in [0.4, 0.5) is 0 Å². The number of aliphatic hydroxyl groups excluding tert-OH is 1. The second-order valence-corrected chi connectivity index (χ2v) is 6.81. The van der Waals surface area contributed by atoms with Crippen molar-refractivity contribution in [1.82, 2.24) is 4.90 Å². The molecular formula is C18H25NO3. The van der Waals surface area contributed by atoms with E-state index in [9.17, 15) is 5.11 Å². The Balaban J connectivity index is 1.35. The molecule has 1 unspecified atom stereocenters. The number of piperidine rings is 1. The normalized spacial score (nSPS) is 25.5. The van der Waals surface area contributed by atoms with Crippen LogP contribution >= 0.6 is 0 Å². The molecule has 1 N–H and O–H groups in total. The number of aliphatic hydroxyl groups is 1. The maximum absolute atomic E-state index is 10.6. The van der Waals surface area contributed by atoms with Crippen LogP contribution in [0.3, 0.4) is 0 Å². The molecule has 1 aliphatic carbocycles. The Bertz CT molecular complexity index is 529. The smallest absolute Gasteiger partial charge is 0.170 e. The molecular weight excluding hydrogens is 278 g/mol. The van der Waals surface area contributed by atoms with Crippen LogP contribution in [0, 0.1) is 0 Å². The van der Waals surface area contributed by atoms with Crippen LogP contribution < -0.4 is 0 Å². The first-order valence-corrected chi connectivity index (χ1v) is 8.54. The highest BCUT2D eigenvalue weighted by atomic mass is 16.7. The van der Waals surface area contributed by atoms with Gasteiger partial charge in [-0.2, -0.15) is 0 Å². The van der Waals surface area contributed by atoms with Crippen LogP contribution in [0.2, 0.25) is 0 Å².